The molecule has 6 rings (SSSR count). The van der Waals surface area contributed by atoms with Crippen molar-refractivity contribution in [1.29, 1.82) is 0 Å². The molecule has 2 aromatic rings. The van der Waals surface area contributed by atoms with Gasteiger partial charge in [0, 0.05) is 12.1 Å². The van der Waals surface area contributed by atoms with Crippen LogP contribution in [0.3, 0.4) is 0 Å². The highest BCUT2D eigenvalue weighted by Gasteiger charge is 2.42. The third kappa shape index (κ3) is 5.06. The molecule has 1 amide bonds. The molecule has 3 saturated heterocycles. The summed E-state index contributed by atoms with van der Waals surface area (Å²) >= 11 is 0. The molecule has 2 atom stereocenters. The normalized spacial score (nSPS) is 25.9. The lowest BCUT2D eigenvalue weighted by atomic mass is 9.85. The summed E-state index contributed by atoms with van der Waals surface area (Å²) in [5.74, 6) is 2.61. The zero-order valence-electron chi connectivity index (χ0n) is 22.3. The Morgan fingerprint density at radius 1 is 1.17 bits per heavy atom. The second-order valence-corrected chi connectivity index (χ2v) is 11.8. The van der Waals surface area contributed by atoms with Crippen molar-refractivity contribution >= 4 is 6.09 Å². The molecule has 0 aromatic heterocycles. The van der Waals surface area contributed by atoms with Crippen molar-refractivity contribution in [2.24, 2.45) is 17.3 Å². The molecule has 4 aliphatic rings. The van der Waals surface area contributed by atoms with E-state index in [1.165, 1.54) is 5.56 Å². The summed E-state index contributed by atoms with van der Waals surface area (Å²) in [7, 11) is 1.70. The Kier molecular flexibility index (Phi) is 6.90. The number of nitrogens with zero attached hydrogens (tertiary/aromatic N) is 1. The second kappa shape index (κ2) is 9.97. The van der Waals surface area contributed by atoms with Crippen molar-refractivity contribution in [1.82, 2.24) is 10.2 Å². The van der Waals surface area contributed by atoms with Crippen LogP contribution in [0.5, 0.6) is 11.5 Å². The van der Waals surface area contributed by atoms with Crippen LogP contribution in [0.4, 0.5) is 4.79 Å². The Labute approximate surface area is 215 Å². The van der Waals surface area contributed by atoms with Crippen molar-refractivity contribution in [2.75, 3.05) is 33.4 Å². The highest BCUT2D eigenvalue weighted by Crippen LogP contribution is 2.49. The zero-order valence-corrected chi connectivity index (χ0v) is 22.3. The van der Waals surface area contributed by atoms with Gasteiger partial charge in [0.2, 0.25) is 0 Å². The van der Waals surface area contributed by atoms with Crippen LogP contribution in [-0.4, -0.2) is 50.4 Å². The summed E-state index contributed by atoms with van der Waals surface area (Å²) in [6.07, 6.45) is 2.81. The highest BCUT2D eigenvalue weighted by molar-refractivity contribution is 5.75. The molecule has 3 fully saturated rings. The van der Waals surface area contributed by atoms with E-state index < -0.39 is 0 Å². The minimum Gasteiger partial charge on any atom is -0.496 e. The van der Waals surface area contributed by atoms with Gasteiger partial charge in [-0.3, -0.25) is 4.90 Å². The van der Waals surface area contributed by atoms with Crippen molar-refractivity contribution in [3.05, 3.63) is 47.5 Å². The van der Waals surface area contributed by atoms with Crippen LogP contribution in [0.2, 0.25) is 0 Å². The third-order valence-corrected chi connectivity index (χ3v) is 8.05. The topological polar surface area (TPSA) is 60.0 Å². The molecule has 0 radical (unpaired) electrons. The van der Waals surface area contributed by atoms with Gasteiger partial charge in [-0.15, -0.1) is 0 Å². The first-order valence-electron chi connectivity index (χ1n) is 13.4. The van der Waals surface area contributed by atoms with Crippen LogP contribution >= 0.6 is 0 Å². The molecular weight excluding hydrogens is 452 g/mol. The summed E-state index contributed by atoms with van der Waals surface area (Å²) in [6, 6.07) is 12.4. The van der Waals surface area contributed by atoms with Gasteiger partial charge in [0.25, 0.3) is 0 Å². The second-order valence-electron chi connectivity index (χ2n) is 11.8. The number of nitrogens with one attached hydrogen (secondary N) is 1. The van der Waals surface area contributed by atoms with Crippen LogP contribution < -0.4 is 14.8 Å². The molecule has 1 unspecified atom stereocenters. The van der Waals surface area contributed by atoms with Gasteiger partial charge in [-0.2, -0.15) is 0 Å². The number of ether oxygens (including phenoxy) is 3. The van der Waals surface area contributed by atoms with Crippen LogP contribution in [0.25, 0.3) is 11.1 Å². The minimum absolute atomic E-state index is 0.00131. The predicted octanol–water partition coefficient (Wildman–Crippen LogP) is 5.84. The van der Waals surface area contributed by atoms with Crippen LogP contribution in [0, 0.1) is 17.3 Å². The highest BCUT2D eigenvalue weighted by atomic mass is 16.6. The summed E-state index contributed by atoms with van der Waals surface area (Å²) in [5.41, 5.74) is 4.31. The molecule has 3 heterocycles. The lowest BCUT2D eigenvalue weighted by molar-refractivity contribution is -0.0349. The molecule has 3 aliphatic heterocycles. The van der Waals surface area contributed by atoms with Crippen LogP contribution in [0.1, 0.15) is 57.7 Å². The van der Waals surface area contributed by atoms with E-state index in [0.717, 1.165) is 67.1 Å². The van der Waals surface area contributed by atoms with Crippen LogP contribution in [-0.2, 0) is 11.2 Å². The zero-order chi connectivity index (χ0) is 25.4. The van der Waals surface area contributed by atoms with Gasteiger partial charge in [-0.25, -0.2) is 4.79 Å². The van der Waals surface area contributed by atoms with E-state index >= 15 is 0 Å². The number of piperidine rings is 3. The average Bonchev–Trinajstić information content (AvgIpc) is 3.11. The maximum atomic E-state index is 13.0. The number of fused-ring (bicyclic) bond motifs is 4. The molecular formula is C30H40N2O4. The first-order chi connectivity index (χ1) is 17.2. The monoisotopic (exact) mass is 492 g/mol. The van der Waals surface area contributed by atoms with E-state index in [1.54, 1.807) is 7.11 Å². The van der Waals surface area contributed by atoms with Gasteiger partial charge in [0.15, 0.2) is 0 Å². The summed E-state index contributed by atoms with van der Waals surface area (Å²) in [4.78, 5) is 15.4. The third-order valence-electron chi connectivity index (χ3n) is 8.05. The first kappa shape index (κ1) is 24.9. The summed E-state index contributed by atoms with van der Waals surface area (Å²) in [6.45, 7) is 12.5. The largest absolute Gasteiger partial charge is 0.496 e. The minimum atomic E-state index is -0.308. The van der Waals surface area contributed by atoms with E-state index in [9.17, 15) is 4.79 Å². The number of carbonyl (C=O) groups excluding carboxylic acids is 1. The van der Waals surface area contributed by atoms with E-state index in [4.69, 9.17) is 14.2 Å². The predicted molar refractivity (Wildman–Crippen MR) is 142 cm³/mol. The number of benzene rings is 2. The molecule has 2 bridgehead atoms. The number of amides is 1. The fourth-order valence-electron chi connectivity index (χ4n) is 6.09. The quantitative estimate of drug-likeness (QED) is 0.526. The molecule has 194 valence electrons. The van der Waals surface area contributed by atoms with Gasteiger partial charge in [0.1, 0.15) is 17.6 Å². The molecule has 0 saturated carbocycles. The Morgan fingerprint density at radius 2 is 1.94 bits per heavy atom. The van der Waals surface area contributed by atoms with E-state index in [0.29, 0.717) is 18.4 Å². The van der Waals surface area contributed by atoms with E-state index in [-0.39, 0.29) is 23.7 Å². The van der Waals surface area contributed by atoms with Gasteiger partial charge in [-0.1, -0.05) is 39.8 Å². The number of hydrogen-bond donors (Lipinski definition) is 1. The summed E-state index contributed by atoms with van der Waals surface area (Å²) in [5, 5.41) is 3.22. The SMILES string of the molecule is COc1cc2c(cc1-c1cccc(OCC(C)C)c1)CC(C)(C)C2NC(=O)O[C@H]1CN2CCC1CC2. The van der Waals surface area contributed by atoms with Gasteiger partial charge < -0.3 is 19.5 Å². The molecule has 1 N–H and O–H groups in total. The lowest BCUT2D eigenvalue weighted by Crippen LogP contribution is -2.53. The Bertz CT molecular complexity index is 1100. The molecule has 6 heteroatoms. The van der Waals surface area contributed by atoms with Gasteiger partial charge >= 0.3 is 6.09 Å². The number of hydrogen-bond acceptors (Lipinski definition) is 5. The molecule has 0 spiro atoms. The van der Waals surface area contributed by atoms with Crippen LogP contribution in [0.15, 0.2) is 36.4 Å². The molecule has 36 heavy (non-hydrogen) atoms. The number of methoxy groups -OCH3 is 1. The smallest absolute Gasteiger partial charge is 0.407 e. The Hall–Kier alpha value is -2.73. The number of alkyl carbamates (subject to hydrolysis) is 1. The molecule has 6 nitrogen and oxygen atoms in total. The van der Waals surface area contributed by atoms with Crippen molar-refractivity contribution in [3.8, 4) is 22.6 Å². The number of rotatable bonds is 7. The fourth-order valence-corrected chi connectivity index (χ4v) is 6.09. The summed E-state index contributed by atoms with van der Waals surface area (Å²) < 4.78 is 17.8. The average molecular weight is 493 g/mol. The lowest BCUT2D eigenvalue weighted by Gasteiger charge is -2.44. The van der Waals surface area contributed by atoms with Crippen molar-refractivity contribution in [2.45, 2.75) is 59.1 Å². The Morgan fingerprint density at radius 3 is 2.61 bits per heavy atom. The Balaban J connectivity index is 1.37. The number of carbonyl (C=O) groups is 1. The molecule has 1 aliphatic carbocycles. The maximum Gasteiger partial charge on any atom is 0.407 e. The van der Waals surface area contributed by atoms with Gasteiger partial charge in [-0.05, 0) is 90.6 Å². The molecule has 2 aromatic carbocycles. The van der Waals surface area contributed by atoms with E-state index in [2.05, 4.69) is 62.2 Å². The van der Waals surface area contributed by atoms with Gasteiger partial charge in [0.05, 0.1) is 19.8 Å². The van der Waals surface area contributed by atoms with Crippen molar-refractivity contribution < 1.29 is 19.0 Å². The van der Waals surface area contributed by atoms with E-state index in [1.807, 2.05) is 12.1 Å². The fraction of sp³-hybridized carbons (Fsp3) is 0.567. The standard InChI is InChI=1S/C30H40N2O4/c1-19(2)18-35-23-8-6-7-21(13-23)24-14-22-16-30(3,4)28(25(22)15-26(24)34-5)31-29(33)36-27-17-32-11-9-20(27)10-12-32/h6-8,13-15,19-20,27-28H,9-12,16-18H2,1-5H3,(H,31,33)/t27-,28?/m0/s1. The maximum absolute atomic E-state index is 13.0. The first-order valence-corrected chi connectivity index (χ1v) is 13.4. The van der Waals surface area contributed by atoms with Crippen molar-refractivity contribution in [3.63, 3.8) is 0 Å².